The Hall–Kier alpha value is -6.67. The van der Waals surface area contributed by atoms with Crippen LogP contribution in [0.15, 0.2) is 102 Å². The molecule has 2 aliphatic carbocycles. The zero-order valence-electron chi connectivity index (χ0n) is 43.4. The number of nitrogens with zero attached hydrogens (tertiary/aromatic N) is 5. The minimum Gasteiger partial charge on any atom is -0.494 e. The average Bonchev–Trinajstić information content (AvgIpc) is 3.82. The molecule has 1 spiro atoms. The molecule has 16 nitrogen and oxygen atoms in total. The quantitative estimate of drug-likeness (QED) is 0.0529. The van der Waals surface area contributed by atoms with Crippen molar-refractivity contribution in [3.05, 3.63) is 141 Å². The summed E-state index contributed by atoms with van der Waals surface area (Å²) in [6.45, 7) is 11.5. The van der Waals surface area contributed by atoms with Gasteiger partial charge in [-0.2, -0.15) is 0 Å². The fourth-order valence-corrected chi connectivity index (χ4v) is 13.0. The van der Waals surface area contributed by atoms with Gasteiger partial charge in [0.05, 0.1) is 39.7 Å². The van der Waals surface area contributed by atoms with Crippen LogP contribution < -0.4 is 24.4 Å². The third-order valence-electron chi connectivity index (χ3n) is 16.5. The first-order valence-electron chi connectivity index (χ1n) is 26.3. The molecule has 0 bridgehead atoms. The molecule has 19 heteroatoms. The lowest BCUT2D eigenvalue weighted by Crippen LogP contribution is -2.60. The fraction of sp³-hybridized carbons (Fsp3) is 0.439. The predicted octanol–water partition coefficient (Wildman–Crippen LogP) is 10.5. The maximum atomic E-state index is 14.7. The van der Waals surface area contributed by atoms with E-state index >= 15 is 0 Å². The number of sulfonamides is 1. The maximum absolute atomic E-state index is 14.7. The van der Waals surface area contributed by atoms with Crippen molar-refractivity contribution in [2.45, 2.75) is 107 Å². The number of nitro groups is 1. The number of nitrogens with one attached hydrogen (secondary N) is 3. The second-order valence-corrected chi connectivity index (χ2v) is 23.7. The number of halogens is 2. The summed E-state index contributed by atoms with van der Waals surface area (Å²) in [4.78, 5) is 39.6. The van der Waals surface area contributed by atoms with Gasteiger partial charge in [0.25, 0.3) is 21.6 Å². The Balaban J connectivity index is 0.839. The van der Waals surface area contributed by atoms with E-state index in [2.05, 4.69) is 72.8 Å². The minimum atomic E-state index is -4.66. The highest BCUT2D eigenvalue weighted by Crippen LogP contribution is 2.53. The summed E-state index contributed by atoms with van der Waals surface area (Å²) in [7, 11) is -3.17. The van der Waals surface area contributed by atoms with Gasteiger partial charge in [-0.25, -0.2) is 26.9 Å². The number of aromatic nitrogens is 2. The highest BCUT2D eigenvalue weighted by atomic mass is 32.2. The highest BCUT2D eigenvalue weighted by molar-refractivity contribution is 7.90. The van der Waals surface area contributed by atoms with Gasteiger partial charge in [0, 0.05) is 81.9 Å². The number of benzene rings is 4. The van der Waals surface area contributed by atoms with Crippen molar-refractivity contribution < 1.29 is 41.5 Å². The van der Waals surface area contributed by atoms with Crippen LogP contribution >= 0.6 is 0 Å². The average molecular weight is 1060 g/mol. The summed E-state index contributed by atoms with van der Waals surface area (Å²) in [5, 5.41) is 25.8. The van der Waals surface area contributed by atoms with Gasteiger partial charge in [-0.3, -0.25) is 24.7 Å². The van der Waals surface area contributed by atoms with E-state index in [4.69, 9.17) is 9.47 Å². The van der Waals surface area contributed by atoms with Crippen molar-refractivity contribution in [2.24, 2.45) is 11.3 Å². The molecule has 6 aromatic rings. The number of methoxy groups -OCH3 is 1. The van der Waals surface area contributed by atoms with Crippen molar-refractivity contribution in [1.82, 2.24) is 24.5 Å². The smallest absolute Gasteiger partial charge is 0.293 e. The first kappa shape index (κ1) is 52.8. The number of nitro benzene ring substituents is 1. The fourth-order valence-electron chi connectivity index (χ4n) is 12.0. The Morgan fingerprint density at radius 2 is 1.71 bits per heavy atom. The number of carbonyl (C=O) groups excluding carboxylic acids is 1. The first-order chi connectivity index (χ1) is 36.4. The molecule has 2 saturated heterocycles. The lowest BCUT2D eigenvalue weighted by atomic mass is 9.59. The number of amides is 1. The van der Waals surface area contributed by atoms with Crippen molar-refractivity contribution >= 4 is 44.0 Å². The Labute approximate surface area is 442 Å². The zero-order valence-corrected chi connectivity index (χ0v) is 44.2. The van der Waals surface area contributed by atoms with Crippen LogP contribution in [-0.4, -0.2) is 102 Å². The van der Waals surface area contributed by atoms with Crippen LogP contribution in [-0.2, 0) is 16.6 Å². The van der Waals surface area contributed by atoms with Gasteiger partial charge in [-0.15, -0.1) is 0 Å². The largest absolute Gasteiger partial charge is 0.494 e. The molecule has 402 valence electrons. The van der Waals surface area contributed by atoms with E-state index in [1.165, 1.54) is 61.0 Å². The summed E-state index contributed by atoms with van der Waals surface area (Å²) in [6, 6.07) is 24.3. The Kier molecular flexibility index (Phi) is 14.9. The number of rotatable bonds is 16. The topological polar surface area (TPSA) is 195 Å². The standard InChI is InChI=1S/C57H66F2N8O8S/c1-36(2)43-7-5-6-8-44(43)51-35-64(34-38-9-13-47(58)53(25-38)74-4)23-24-66(51)40-29-57(30-40)19-21-65(22-20-57)39-10-12-45(52(26-39)75-41-27-46-48(59)33-62-54(46)61-32-41)55(68)63-76(72,73)42-11-14-49(50(28-42)67(70)71)60-31-37-15-17-56(3,69)18-16-37/h5-14,25-28,32-33,36-37,40,51,60,69H,15-24,29-31,34-35H2,1-4H3,(H,61,62)(H,63,68)/t37-,51-,56-/m0/s1. The molecule has 2 saturated carbocycles. The van der Waals surface area contributed by atoms with E-state index in [9.17, 15) is 37.2 Å². The number of hydrogen-bond acceptors (Lipinski definition) is 13. The van der Waals surface area contributed by atoms with E-state index in [0.29, 0.717) is 43.5 Å². The zero-order chi connectivity index (χ0) is 53.5. The van der Waals surface area contributed by atoms with Crippen molar-refractivity contribution in [3.63, 3.8) is 0 Å². The molecule has 0 radical (unpaired) electrons. The molecule has 4 aromatic carbocycles. The maximum Gasteiger partial charge on any atom is 0.293 e. The van der Waals surface area contributed by atoms with Crippen LogP contribution in [0.1, 0.15) is 111 Å². The first-order valence-corrected chi connectivity index (χ1v) is 27.8. The number of ether oxygens (including phenoxy) is 2. The normalized spacial score (nSPS) is 21.4. The van der Waals surface area contributed by atoms with Gasteiger partial charge >= 0.3 is 0 Å². The van der Waals surface area contributed by atoms with Gasteiger partial charge in [-0.1, -0.05) is 44.2 Å². The number of pyridine rings is 1. The summed E-state index contributed by atoms with van der Waals surface area (Å²) in [5.41, 5.74) is 3.71. The molecule has 4 heterocycles. The predicted molar refractivity (Wildman–Crippen MR) is 286 cm³/mol. The number of fused-ring (bicyclic) bond motifs is 1. The van der Waals surface area contributed by atoms with Crippen LogP contribution in [0.3, 0.4) is 0 Å². The molecule has 1 atom stereocenters. The number of aliphatic hydroxyl groups is 1. The third kappa shape index (κ3) is 11.2. The van der Waals surface area contributed by atoms with E-state index < -0.39 is 42.9 Å². The Bertz CT molecular complexity index is 3240. The summed E-state index contributed by atoms with van der Waals surface area (Å²) < 4.78 is 70.4. The number of piperazine rings is 1. The van der Waals surface area contributed by atoms with Crippen molar-refractivity contribution in [1.29, 1.82) is 0 Å². The van der Waals surface area contributed by atoms with Gasteiger partial charge < -0.3 is 29.8 Å². The molecular weight excluding hydrogens is 995 g/mol. The number of anilines is 2. The molecule has 0 unspecified atom stereocenters. The van der Waals surface area contributed by atoms with E-state index in [0.717, 1.165) is 88.6 Å². The van der Waals surface area contributed by atoms with Crippen LogP contribution in [0, 0.1) is 33.1 Å². The summed E-state index contributed by atoms with van der Waals surface area (Å²) in [5.74, 6) is -1.06. The molecular formula is C57H66F2N8O8S. The summed E-state index contributed by atoms with van der Waals surface area (Å²) >= 11 is 0. The number of carbonyl (C=O) groups is 1. The van der Waals surface area contributed by atoms with Crippen LogP contribution in [0.2, 0.25) is 0 Å². The summed E-state index contributed by atoms with van der Waals surface area (Å²) in [6.07, 6.45) is 9.27. The Morgan fingerprint density at radius 1 is 0.947 bits per heavy atom. The second-order valence-electron chi connectivity index (χ2n) is 22.0. The number of hydrogen-bond donors (Lipinski definition) is 4. The highest BCUT2D eigenvalue weighted by Gasteiger charge is 2.50. The van der Waals surface area contributed by atoms with Crippen molar-refractivity contribution in [3.8, 4) is 17.2 Å². The minimum absolute atomic E-state index is 0.00599. The van der Waals surface area contributed by atoms with Gasteiger partial charge in [0.1, 0.15) is 28.7 Å². The SMILES string of the molecule is COc1cc(CN2CCN(C3CC4(CCN(c5ccc(C(=O)NS(=O)(=O)c6ccc(NC[C@H]7CC[C@](C)(O)CC7)c([N+](=O)[O-])c6)c(Oc6cnc7[nH]cc(F)c7c6)c5)CC4)C3)[C@H](c3ccccc3C(C)C)C2)ccc1F. The molecule has 1 amide bonds. The molecule has 4 N–H and O–H groups in total. The number of H-pyrrole nitrogens is 1. The monoisotopic (exact) mass is 1060 g/mol. The van der Waals surface area contributed by atoms with E-state index in [-0.39, 0.29) is 57.1 Å². The van der Waals surface area contributed by atoms with Gasteiger partial charge in [0.2, 0.25) is 0 Å². The lowest BCUT2D eigenvalue weighted by molar-refractivity contribution is -0.384. The van der Waals surface area contributed by atoms with E-state index in [1.807, 2.05) is 6.07 Å². The molecule has 4 fully saturated rings. The van der Waals surface area contributed by atoms with Crippen LogP contribution in [0.5, 0.6) is 17.2 Å². The molecule has 76 heavy (non-hydrogen) atoms. The van der Waals surface area contributed by atoms with E-state index in [1.54, 1.807) is 25.1 Å². The van der Waals surface area contributed by atoms with Gasteiger partial charge in [-0.05, 0) is 135 Å². The molecule has 10 rings (SSSR count). The Morgan fingerprint density at radius 3 is 2.45 bits per heavy atom. The second kappa shape index (κ2) is 21.4. The van der Waals surface area contributed by atoms with Crippen molar-refractivity contribution in [2.75, 3.05) is 56.6 Å². The lowest BCUT2D eigenvalue weighted by Gasteiger charge is -2.58. The van der Waals surface area contributed by atoms with Crippen LogP contribution in [0.4, 0.5) is 25.8 Å². The molecule has 2 aromatic heterocycles. The number of aromatic amines is 1. The number of piperidine rings is 1. The molecule has 2 aliphatic heterocycles. The van der Waals surface area contributed by atoms with Crippen LogP contribution in [0.25, 0.3) is 11.0 Å². The molecule has 4 aliphatic rings. The van der Waals surface area contributed by atoms with Gasteiger partial charge in [0.15, 0.2) is 11.6 Å². The third-order valence-corrected chi connectivity index (χ3v) is 17.8.